The predicted molar refractivity (Wildman–Crippen MR) is 75.7 cm³/mol. The lowest BCUT2D eigenvalue weighted by molar-refractivity contribution is -0.140. The number of rotatable bonds is 5. The molecule has 0 spiro atoms. The summed E-state index contributed by atoms with van der Waals surface area (Å²) in [4.78, 5) is 11.3. The highest BCUT2D eigenvalue weighted by atomic mass is 32.2. The molecule has 1 fully saturated rings. The number of benzene rings is 1. The number of nitrogens with one attached hydrogen (secondary N) is 1. The fourth-order valence-electron chi connectivity index (χ4n) is 2.10. The summed E-state index contributed by atoms with van der Waals surface area (Å²) in [6.07, 6.45) is 1.16. The first-order chi connectivity index (χ1) is 9.94. The third kappa shape index (κ3) is 2.49. The molecule has 110 valence electrons. The molecule has 1 saturated carbocycles. The van der Waals surface area contributed by atoms with Crippen molar-refractivity contribution in [1.82, 2.24) is 10.2 Å². The van der Waals surface area contributed by atoms with Gasteiger partial charge in [-0.2, -0.15) is 0 Å². The van der Waals surface area contributed by atoms with Crippen LogP contribution in [0.15, 0.2) is 34.7 Å². The molecule has 2 aromatic rings. The van der Waals surface area contributed by atoms with Gasteiger partial charge in [-0.25, -0.2) is 8.42 Å². The Hall–Kier alpha value is -2.00. The van der Waals surface area contributed by atoms with Crippen molar-refractivity contribution in [2.45, 2.75) is 23.2 Å². The highest BCUT2D eigenvalue weighted by Gasteiger charge is 2.51. The first-order valence-electron chi connectivity index (χ1n) is 6.07. The second-order valence-corrected chi connectivity index (χ2v) is 7.28. The lowest BCUT2D eigenvalue weighted by atomic mass is 9.96. The van der Waals surface area contributed by atoms with E-state index < -0.39 is 21.4 Å². The van der Waals surface area contributed by atoms with Gasteiger partial charge in [-0.15, -0.1) is 10.2 Å². The molecule has 0 atom stereocenters. The molecule has 0 bridgehead atoms. The number of carboxylic acid groups (broad SMARTS) is 1. The van der Waals surface area contributed by atoms with Crippen LogP contribution < -0.4 is 4.72 Å². The fraction of sp³-hybridized carbons (Fsp3) is 0.250. The van der Waals surface area contributed by atoms with Gasteiger partial charge >= 0.3 is 5.97 Å². The van der Waals surface area contributed by atoms with E-state index in [1.165, 1.54) is 17.6 Å². The van der Waals surface area contributed by atoms with Crippen LogP contribution in [0.4, 0.5) is 5.13 Å². The number of sulfonamides is 1. The molecule has 1 aromatic carbocycles. The van der Waals surface area contributed by atoms with Gasteiger partial charge in [0.1, 0.15) is 5.51 Å². The van der Waals surface area contributed by atoms with Gasteiger partial charge in [-0.1, -0.05) is 23.5 Å². The van der Waals surface area contributed by atoms with E-state index in [1.54, 1.807) is 12.1 Å². The third-order valence-electron chi connectivity index (χ3n) is 3.46. The minimum absolute atomic E-state index is 0.0580. The van der Waals surface area contributed by atoms with Crippen molar-refractivity contribution in [3.63, 3.8) is 0 Å². The molecule has 2 N–H and O–H groups in total. The Bertz CT molecular complexity index is 765. The Morgan fingerprint density at radius 3 is 2.43 bits per heavy atom. The number of aromatic nitrogens is 2. The van der Waals surface area contributed by atoms with Crippen LogP contribution in [0.25, 0.3) is 0 Å². The number of hydrogen-bond acceptors (Lipinski definition) is 6. The average Bonchev–Trinajstić information content (AvgIpc) is 3.12. The Balaban J connectivity index is 1.86. The van der Waals surface area contributed by atoms with Crippen LogP contribution in [0.3, 0.4) is 0 Å². The van der Waals surface area contributed by atoms with Crippen molar-refractivity contribution in [2.75, 3.05) is 4.72 Å². The van der Waals surface area contributed by atoms with Crippen molar-refractivity contribution in [2.24, 2.45) is 0 Å². The molecule has 0 aliphatic heterocycles. The summed E-state index contributed by atoms with van der Waals surface area (Å²) < 4.78 is 26.6. The Kier molecular flexibility index (Phi) is 3.18. The maximum absolute atomic E-state index is 12.1. The molecule has 9 heteroatoms. The van der Waals surface area contributed by atoms with Crippen molar-refractivity contribution < 1.29 is 18.3 Å². The Morgan fingerprint density at radius 2 is 1.95 bits per heavy atom. The molecule has 3 rings (SSSR count). The van der Waals surface area contributed by atoms with Gasteiger partial charge in [-0.05, 0) is 30.5 Å². The molecular weight excluding hydrogens is 314 g/mol. The van der Waals surface area contributed by atoms with Gasteiger partial charge in [0.2, 0.25) is 5.13 Å². The predicted octanol–water partition coefficient (Wildman–Crippen LogP) is 1.46. The van der Waals surface area contributed by atoms with E-state index in [9.17, 15) is 18.3 Å². The van der Waals surface area contributed by atoms with Gasteiger partial charge in [0.15, 0.2) is 0 Å². The molecule has 21 heavy (non-hydrogen) atoms. The molecule has 1 aliphatic rings. The maximum Gasteiger partial charge on any atom is 0.314 e. The second-order valence-electron chi connectivity index (χ2n) is 4.76. The van der Waals surface area contributed by atoms with E-state index in [4.69, 9.17) is 0 Å². The summed E-state index contributed by atoms with van der Waals surface area (Å²) in [6, 6.07) is 5.91. The minimum Gasteiger partial charge on any atom is -0.481 e. The van der Waals surface area contributed by atoms with Crippen LogP contribution in [0.5, 0.6) is 0 Å². The fourth-order valence-corrected chi connectivity index (χ4v) is 3.79. The SMILES string of the molecule is O=C(O)C1(c2ccc(S(=O)(=O)Nc3nncs3)cc2)CC1. The van der Waals surface area contributed by atoms with Crippen LogP contribution in [0.2, 0.25) is 0 Å². The van der Waals surface area contributed by atoms with Crippen LogP contribution in [-0.2, 0) is 20.2 Å². The van der Waals surface area contributed by atoms with E-state index in [2.05, 4.69) is 14.9 Å². The van der Waals surface area contributed by atoms with Crippen LogP contribution in [-0.4, -0.2) is 29.7 Å². The summed E-state index contributed by atoms with van der Waals surface area (Å²) >= 11 is 1.08. The van der Waals surface area contributed by atoms with E-state index in [0.29, 0.717) is 18.4 Å². The van der Waals surface area contributed by atoms with Gasteiger partial charge in [0.05, 0.1) is 10.3 Å². The van der Waals surface area contributed by atoms with Crippen molar-refractivity contribution in [3.05, 3.63) is 35.3 Å². The first kappa shape index (κ1) is 14.0. The van der Waals surface area contributed by atoms with E-state index in [0.717, 1.165) is 11.3 Å². The monoisotopic (exact) mass is 325 g/mol. The quantitative estimate of drug-likeness (QED) is 0.861. The molecule has 7 nitrogen and oxygen atoms in total. The topological polar surface area (TPSA) is 109 Å². The zero-order valence-electron chi connectivity index (χ0n) is 10.7. The van der Waals surface area contributed by atoms with Crippen LogP contribution in [0, 0.1) is 0 Å². The molecular formula is C12H11N3O4S2. The van der Waals surface area contributed by atoms with Gasteiger partial charge in [-0.3, -0.25) is 9.52 Å². The molecule has 0 unspecified atom stereocenters. The maximum atomic E-state index is 12.1. The average molecular weight is 325 g/mol. The molecule has 1 aromatic heterocycles. The summed E-state index contributed by atoms with van der Waals surface area (Å²) in [5.41, 5.74) is 1.21. The van der Waals surface area contributed by atoms with Gasteiger partial charge in [0.25, 0.3) is 10.0 Å². The largest absolute Gasteiger partial charge is 0.481 e. The van der Waals surface area contributed by atoms with Crippen molar-refractivity contribution in [3.8, 4) is 0 Å². The Labute approximate surface area is 124 Å². The molecule has 1 aliphatic carbocycles. The molecule has 0 amide bonds. The van der Waals surface area contributed by atoms with E-state index in [-0.39, 0.29) is 10.0 Å². The first-order valence-corrected chi connectivity index (χ1v) is 8.43. The summed E-state index contributed by atoms with van der Waals surface area (Å²) in [5, 5.41) is 16.6. The number of nitrogens with zero attached hydrogens (tertiary/aromatic N) is 2. The van der Waals surface area contributed by atoms with E-state index >= 15 is 0 Å². The standard InChI is InChI=1S/C12H11N3O4S2/c16-10(17)12(5-6-12)8-1-3-9(4-2-8)21(18,19)15-11-14-13-7-20-11/h1-4,7H,5-6H2,(H,14,15)(H,16,17). The number of anilines is 1. The zero-order valence-corrected chi connectivity index (χ0v) is 12.3. The Morgan fingerprint density at radius 1 is 1.29 bits per heavy atom. The van der Waals surface area contributed by atoms with Crippen molar-refractivity contribution >= 4 is 32.5 Å². The molecule has 0 radical (unpaired) electrons. The highest BCUT2D eigenvalue weighted by molar-refractivity contribution is 7.93. The smallest absolute Gasteiger partial charge is 0.314 e. The molecule has 1 heterocycles. The zero-order chi connectivity index (χ0) is 15.1. The van der Waals surface area contributed by atoms with E-state index in [1.807, 2.05) is 0 Å². The summed E-state index contributed by atoms with van der Waals surface area (Å²) in [7, 11) is -3.73. The number of carbonyl (C=O) groups is 1. The number of carboxylic acids is 1. The van der Waals surface area contributed by atoms with Gasteiger partial charge < -0.3 is 5.11 Å². The van der Waals surface area contributed by atoms with Crippen molar-refractivity contribution in [1.29, 1.82) is 0 Å². The molecule has 0 saturated heterocycles. The summed E-state index contributed by atoms with van der Waals surface area (Å²) in [6.45, 7) is 0. The van der Waals surface area contributed by atoms with Crippen LogP contribution in [0.1, 0.15) is 18.4 Å². The van der Waals surface area contributed by atoms with Crippen LogP contribution >= 0.6 is 11.3 Å². The lowest BCUT2D eigenvalue weighted by Gasteiger charge is -2.11. The number of hydrogen-bond donors (Lipinski definition) is 2. The number of aliphatic carboxylic acids is 1. The second kappa shape index (κ2) is 4.78. The normalized spacial score (nSPS) is 16.4. The minimum atomic E-state index is -3.73. The highest BCUT2D eigenvalue weighted by Crippen LogP contribution is 2.48. The summed E-state index contributed by atoms with van der Waals surface area (Å²) in [5.74, 6) is -0.870. The lowest BCUT2D eigenvalue weighted by Crippen LogP contribution is -2.19. The van der Waals surface area contributed by atoms with Gasteiger partial charge in [0, 0.05) is 0 Å². The third-order valence-corrected chi connectivity index (χ3v) is 5.55.